The maximum atomic E-state index is 14.1. The summed E-state index contributed by atoms with van der Waals surface area (Å²) in [6.07, 6.45) is 11.6. The first kappa shape index (κ1) is 25.5. The maximum absolute atomic E-state index is 14.1. The van der Waals surface area contributed by atoms with Gasteiger partial charge in [-0.05, 0) is 55.7 Å². The Bertz CT molecular complexity index is 1230. The topological polar surface area (TPSA) is 92.7 Å². The number of nitrogens with one attached hydrogen (secondary N) is 1. The van der Waals surface area contributed by atoms with Crippen LogP contribution in [0.5, 0.6) is 5.75 Å². The standard InChI is InChI=1S/C26H30FNO5S2/c1-33-24-15-21(26(29)30)22(27)16-23(24)28-35(31,32)25-14-13-20(34-25)12-9-17-7-10-19(11-8-17)18-5-3-2-4-6-18/h13-19,28H,2-8,10-11H2,1H3,(H,29,30). The summed E-state index contributed by atoms with van der Waals surface area (Å²) in [4.78, 5) is 11.8. The molecule has 0 radical (unpaired) electrons. The number of thiophene rings is 1. The van der Waals surface area contributed by atoms with Gasteiger partial charge >= 0.3 is 5.97 Å². The molecule has 0 aliphatic heterocycles. The number of benzene rings is 1. The van der Waals surface area contributed by atoms with Gasteiger partial charge in [-0.2, -0.15) is 0 Å². The van der Waals surface area contributed by atoms with E-state index < -0.39 is 27.4 Å². The number of hydrogen-bond donors (Lipinski definition) is 2. The second kappa shape index (κ2) is 11.0. The van der Waals surface area contributed by atoms with Crippen molar-refractivity contribution in [1.82, 2.24) is 0 Å². The molecule has 9 heteroatoms. The van der Waals surface area contributed by atoms with Crippen molar-refractivity contribution in [2.45, 2.75) is 62.0 Å². The van der Waals surface area contributed by atoms with Gasteiger partial charge in [0.25, 0.3) is 10.0 Å². The fraction of sp³-hybridized carbons (Fsp3) is 0.500. The van der Waals surface area contributed by atoms with Crippen molar-refractivity contribution < 1.29 is 27.4 Å². The van der Waals surface area contributed by atoms with Crippen LogP contribution in [-0.4, -0.2) is 26.6 Å². The normalized spacial score (nSPS) is 21.1. The van der Waals surface area contributed by atoms with Crippen molar-refractivity contribution in [3.63, 3.8) is 0 Å². The third-order valence-corrected chi connectivity index (χ3v) is 9.96. The van der Waals surface area contributed by atoms with Crippen LogP contribution < -0.4 is 9.46 Å². The molecule has 1 aromatic heterocycles. The molecule has 1 aromatic carbocycles. The van der Waals surface area contributed by atoms with Crippen molar-refractivity contribution in [2.24, 2.45) is 17.8 Å². The Hall–Kier alpha value is -2.57. The summed E-state index contributed by atoms with van der Waals surface area (Å²) in [5.74, 6) is 5.93. The SMILES string of the molecule is COc1cc(C(=O)O)c(F)cc1NS(=O)(=O)c1ccc(C#CC2CCC(C3CCCCC3)CC2)s1. The molecular formula is C26H30FNO5S2. The van der Waals surface area contributed by atoms with E-state index in [1.165, 1.54) is 58.1 Å². The molecule has 0 unspecified atom stereocenters. The fourth-order valence-electron chi connectivity index (χ4n) is 5.21. The number of hydrogen-bond acceptors (Lipinski definition) is 5. The number of carboxylic acid groups (broad SMARTS) is 1. The Balaban J connectivity index is 1.40. The van der Waals surface area contributed by atoms with Gasteiger partial charge < -0.3 is 9.84 Å². The van der Waals surface area contributed by atoms with E-state index in [1.807, 2.05) is 0 Å². The van der Waals surface area contributed by atoms with Crippen LogP contribution >= 0.6 is 11.3 Å². The summed E-state index contributed by atoms with van der Waals surface area (Å²) in [7, 11) is -2.78. The minimum absolute atomic E-state index is 0.0348. The molecule has 188 valence electrons. The van der Waals surface area contributed by atoms with Gasteiger partial charge in [0.2, 0.25) is 0 Å². The van der Waals surface area contributed by atoms with Gasteiger partial charge in [-0.25, -0.2) is 17.6 Å². The third-order valence-electron chi connectivity index (χ3n) is 7.10. The molecule has 2 fully saturated rings. The van der Waals surface area contributed by atoms with Gasteiger partial charge in [0.05, 0.1) is 23.2 Å². The predicted molar refractivity (Wildman–Crippen MR) is 134 cm³/mol. The largest absolute Gasteiger partial charge is 0.495 e. The molecule has 1 heterocycles. The van der Waals surface area contributed by atoms with E-state index in [9.17, 15) is 17.6 Å². The lowest BCUT2D eigenvalue weighted by molar-refractivity contribution is 0.0691. The summed E-state index contributed by atoms with van der Waals surface area (Å²) < 4.78 is 47.2. The van der Waals surface area contributed by atoms with Gasteiger partial charge in [-0.1, -0.05) is 43.9 Å². The molecule has 0 saturated heterocycles. The average molecular weight is 520 g/mol. The first-order valence-corrected chi connectivity index (χ1v) is 14.3. The van der Waals surface area contributed by atoms with Crippen LogP contribution in [0.2, 0.25) is 0 Å². The minimum Gasteiger partial charge on any atom is -0.495 e. The van der Waals surface area contributed by atoms with Crippen molar-refractivity contribution in [1.29, 1.82) is 0 Å². The number of aromatic carboxylic acids is 1. The quantitative estimate of drug-likeness (QED) is 0.448. The molecule has 2 aliphatic carbocycles. The van der Waals surface area contributed by atoms with E-state index in [2.05, 4.69) is 16.6 Å². The number of carboxylic acids is 1. The molecule has 35 heavy (non-hydrogen) atoms. The van der Waals surface area contributed by atoms with Crippen molar-refractivity contribution in [3.05, 3.63) is 40.5 Å². The first-order valence-electron chi connectivity index (χ1n) is 12.0. The van der Waals surface area contributed by atoms with E-state index in [4.69, 9.17) is 9.84 Å². The van der Waals surface area contributed by atoms with Crippen LogP contribution in [0.3, 0.4) is 0 Å². The van der Waals surface area contributed by atoms with Gasteiger partial charge in [-0.15, -0.1) is 11.3 Å². The fourth-order valence-corrected chi connectivity index (χ4v) is 7.44. The Labute approximate surface area is 210 Å². The number of ether oxygens (including phenoxy) is 1. The monoisotopic (exact) mass is 519 g/mol. The average Bonchev–Trinajstić information content (AvgIpc) is 3.34. The Morgan fingerprint density at radius 2 is 1.77 bits per heavy atom. The highest BCUT2D eigenvalue weighted by atomic mass is 32.2. The number of anilines is 1. The van der Waals surface area contributed by atoms with Crippen molar-refractivity contribution in [3.8, 4) is 17.6 Å². The maximum Gasteiger partial charge on any atom is 0.338 e. The number of rotatable bonds is 6. The highest BCUT2D eigenvalue weighted by Gasteiger charge is 2.28. The van der Waals surface area contributed by atoms with Gasteiger partial charge in [0.1, 0.15) is 15.8 Å². The lowest BCUT2D eigenvalue weighted by atomic mass is 9.71. The van der Waals surface area contributed by atoms with E-state index >= 15 is 0 Å². The van der Waals surface area contributed by atoms with Gasteiger partial charge in [0.15, 0.2) is 0 Å². The Morgan fingerprint density at radius 1 is 1.09 bits per heavy atom. The predicted octanol–water partition coefficient (Wildman–Crippen LogP) is 6.13. The first-order chi connectivity index (χ1) is 16.8. The van der Waals surface area contributed by atoms with Gasteiger partial charge in [0, 0.05) is 12.0 Å². The third kappa shape index (κ3) is 6.17. The summed E-state index contributed by atoms with van der Waals surface area (Å²) in [5, 5.41) is 9.06. The number of halogens is 1. The van der Waals surface area contributed by atoms with Gasteiger partial charge in [-0.3, -0.25) is 4.72 Å². The molecular weight excluding hydrogens is 489 g/mol. The molecule has 0 spiro atoms. The van der Waals surface area contributed by atoms with E-state index in [1.54, 1.807) is 6.07 Å². The zero-order valence-electron chi connectivity index (χ0n) is 19.7. The molecule has 2 aromatic rings. The van der Waals surface area contributed by atoms with Crippen molar-refractivity contribution in [2.75, 3.05) is 11.8 Å². The molecule has 0 atom stereocenters. The van der Waals surface area contributed by atoms with Crippen LogP contribution in [0, 0.1) is 35.4 Å². The van der Waals surface area contributed by atoms with Crippen molar-refractivity contribution >= 4 is 33.0 Å². The summed E-state index contributed by atoms with van der Waals surface area (Å²) >= 11 is 1.04. The Kier molecular flexibility index (Phi) is 8.02. The molecule has 4 rings (SSSR count). The summed E-state index contributed by atoms with van der Waals surface area (Å²) in [5.41, 5.74) is -0.781. The highest BCUT2D eigenvalue weighted by molar-refractivity contribution is 7.94. The molecule has 6 nitrogen and oxygen atoms in total. The van der Waals surface area contributed by atoms with Crippen LogP contribution in [-0.2, 0) is 10.0 Å². The second-order valence-corrected chi connectivity index (χ2v) is 12.3. The number of carbonyl (C=O) groups is 1. The van der Waals surface area contributed by atoms with E-state index in [0.717, 1.165) is 48.1 Å². The molecule has 0 bridgehead atoms. The second-order valence-electron chi connectivity index (χ2n) is 9.34. The smallest absolute Gasteiger partial charge is 0.338 e. The lowest BCUT2D eigenvalue weighted by Gasteiger charge is -2.34. The van der Waals surface area contributed by atoms with Crippen LogP contribution in [0.25, 0.3) is 0 Å². The van der Waals surface area contributed by atoms with E-state index in [0.29, 0.717) is 10.8 Å². The minimum atomic E-state index is -4.03. The van der Waals surface area contributed by atoms with Crippen LogP contribution in [0.4, 0.5) is 10.1 Å². The number of methoxy groups -OCH3 is 1. The van der Waals surface area contributed by atoms with E-state index in [-0.39, 0.29) is 15.6 Å². The molecule has 2 saturated carbocycles. The van der Waals surface area contributed by atoms with Crippen LogP contribution in [0.15, 0.2) is 28.5 Å². The molecule has 2 N–H and O–H groups in total. The molecule has 2 aliphatic rings. The highest BCUT2D eigenvalue weighted by Crippen LogP contribution is 2.40. The Morgan fingerprint density at radius 3 is 2.43 bits per heavy atom. The zero-order chi connectivity index (χ0) is 25.0. The summed E-state index contributed by atoms with van der Waals surface area (Å²) in [6, 6.07) is 4.89. The van der Waals surface area contributed by atoms with Crippen LogP contribution in [0.1, 0.15) is 73.0 Å². The summed E-state index contributed by atoms with van der Waals surface area (Å²) in [6.45, 7) is 0. The lowest BCUT2D eigenvalue weighted by Crippen LogP contribution is -2.23. The zero-order valence-corrected chi connectivity index (χ0v) is 21.3. The number of sulfonamides is 1. The molecule has 0 amide bonds.